The van der Waals surface area contributed by atoms with Gasteiger partial charge in [-0.3, -0.25) is 4.79 Å². The molecule has 1 amide bonds. The Morgan fingerprint density at radius 3 is 2.32 bits per heavy atom. The van der Waals surface area contributed by atoms with Gasteiger partial charge >= 0.3 is 6.09 Å². The first kappa shape index (κ1) is 18.2. The normalized spacial score (nSPS) is 23.1. The Balaban J connectivity index is 1.42. The Morgan fingerprint density at radius 2 is 1.64 bits per heavy atom. The average Bonchev–Trinajstić information content (AvgIpc) is 3.01. The van der Waals surface area contributed by atoms with Gasteiger partial charge in [-0.2, -0.15) is 5.26 Å². The zero-order chi connectivity index (χ0) is 19.5. The van der Waals surface area contributed by atoms with E-state index >= 15 is 0 Å². The lowest BCUT2D eigenvalue weighted by molar-refractivity contribution is 0.0485. The lowest BCUT2D eigenvalue weighted by Crippen LogP contribution is -2.48. The van der Waals surface area contributed by atoms with Gasteiger partial charge in [-0.05, 0) is 37.3 Å². The lowest BCUT2D eigenvalue weighted by Gasteiger charge is -2.37. The Hall–Kier alpha value is -3.13. The van der Waals surface area contributed by atoms with Crippen molar-refractivity contribution in [2.75, 3.05) is 0 Å². The van der Waals surface area contributed by atoms with Gasteiger partial charge in [0.2, 0.25) is 0 Å². The summed E-state index contributed by atoms with van der Waals surface area (Å²) in [6, 6.07) is 18.8. The molecule has 2 heterocycles. The first-order valence-electron chi connectivity index (χ1n) is 9.69. The number of nitriles is 1. The molecule has 2 aliphatic rings. The zero-order valence-corrected chi connectivity index (χ0v) is 15.6. The Kier molecular flexibility index (Phi) is 5.12. The second-order valence-corrected chi connectivity index (χ2v) is 7.52. The van der Waals surface area contributed by atoms with Crippen molar-refractivity contribution in [3.8, 4) is 6.07 Å². The van der Waals surface area contributed by atoms with Crippen molar-refractivity contribution < 1.29 is 14.3 Å². The van der Waals surface area contributed by atoms with Crippen LogP contribution in [0.25, 0.3) is 0 Å². The van der Waals surface area contributed by atoms with Crippen LogP contribution in [-0.4, -0.2) is 28.9 Å². The summed E-state index contributed by atoms with van der Waals surface area (Å²) in [5.41, 5.74) is 1.88. The number of Topliss-reactive ketones (excluding diaryl/α,β-unsaturated/α-hetero) is 1. The number of ether oxygens (including phenoxy) is 1. The highest BCUT2D eigenvalue weighted by molar-refractivity contribution is 6.00. The van der Waals surface area contributed by atoms with Crippen LogP contribution in [0.3, 0.4) is 0 Å². The van der Waals surface area contributed by atoms with Crippen LogP contribution in [0, 0.1) is 17.2 Å². The number of piperidine rings is 1. The molecule has 2 bridgehead atoms. The second kappa shape index (κ2) is 7.85. The summed E-state index contributed by atoms with van der Waals surface area (Å²) < 4.78 is 5.52. The monoisotopic (exact) mass is 374 g/mol. The van der Waals surface area contributed by atoms with E-state index in [1.54, 1.807) is 24.3 Å². The number of hydrogen-bond acceptors (Lipinski definition) is 4. The van der Waals surface area contributed by atoms with Crippen molar-refractivity contribution in [3.05, 3.63) is 71.3 Å². The van der Waals surface area contributed by atoms with E-state index in [4.69, 9.17) is 4.74 Å². The first-order valence-corrected chi connectivity index (χ1v) is 9.69. The highest BCUT2D eigenvalue weighted by Gasteiger charge is 2.46. The van der Waals surface area contributed by atoms with Gasteiger partial charge in [-0.1, -0.05) is 48.5 Å². The van der Waals surface area contributed by atoms with Gasteiger partial charge in [-0.15, -0.1) is 0 Å². The molecule has 2 aliphatic heterocycles. The average molecular weight is 374 g/mol. The van der Waals surface area contributed by atoms with Crippen molar-refractivity contribution in [1.82, 2.24) is 4.90 Å². The smallest absolute Gasteiger partial charge is 0.410 e. The summed E-state index contributed by atoms with van der Waals surface area (Å²) in [4.78, 5) is 27.5. The Morgan fingerprint density at radius 1 is 1.00 bits per heavy atom. The standard InChI is InChI=1S/C23H22N2O3/c24-14-17-8-4-5-9-21(17)22(26)18-12-19-10-11-20(13-18)25(19)23(27)28-15-16-6-2-1-3-7-16/h1-9,18-20H,10-13,15H2. The van der Waals surface area contributed by atoms with Gasteiger partial charge in [0.15, 0.2) is 5.78 Å². The molecule has 2 aromatic rings. The topological polar surface area (TPSA) is 70.4 Å². The minimum atomic E-state index is -0.292. The number of benzene rings is 2. The maximum absolute atomic E-state index is 13.0. The van der Waals surface area contributed by atoms with Crippen LogP contribution in [0.4, 0.5) is 4.79 Å². The quantitative estimate of drug-likeness (QED) is 0.747. The summed E-state index contributed by atoms with van der Waals surface area (Å²) in [7, 11) is 0. The predicted octanol–water partition coefficient (Wildman–Crippen LogP) is 4.32. The summed E-state index contributed by atoms with van der Waals surface area (Å²) in [6.45, 7) is 0.257. The summed E-state index contributed by atoms with van der Waals surface area (Å²) in [6.07, 6.45) is 2.77. The van der Waals surface area contributed by atoms with Crippen LogP contribution in [0.2, 0.25) is 0 Å². The predicted molar refractivity (Wildman–Crippen MR) is 103 cm³/mol. The van der Waals surface area contributed by atoms with Crippen LogP contribution in [0.15, 0.2) is 54.6 Å². The molecule has 0 spiro atoms. The van der Waals surface area contributed by atoms with E-state index in [2.05, 4.69) is 6.07 Å². The van der Waals surface area contributed by atoms with Crippen molar-refractivity contribution in [2.45, 2.75) is 44.4 Å². The fourth-order valence-corrected chi connectivity index (χ4v) is 4.50. The number of carbonyl (C=O) groups is 2. The maximum atomic E-state index is 13.0. The number of ketones is 1. The fraction of sp³-hybridized carbons (Fsp3) is 0.348. The molecule has 5 nitrogen and oxygen atoms in total. The number of amides is 1. The van der Waals surface area contributed by atoms with Crippen LogP contribution >= 0.6 is 0 Å². The zero-order valence-electron chi connectivity index (χ0n) is 15.6. The first-order chi connectivity index (χ1) is 13.7. The maximum Gasteiger partial charge on any atom is 0.410 e. The lowest BCUT2D eigenvalue weighted by atomic mass is 9.84. The molecule has 5 heteroatoms. The van der Waals surface area contributed by atoms with Gasteiger partial charge < -0.3 is 9.64 Å². The van der Waals surface area contributed by atoms with Crippen LogP contribution in [-0.2, 0) is 11.3 Å². The van der Waals surface area contributed by atoms with E-state index in [0.717, 1.165) is 18.4 Å². The van der Waals surface area contributed by atoms with Crippen LogP contribution in [0.5, 0.6) is 0 Å². The van der Waals surface area contributed by atoms with E-state index in [9.17, 15) is 14.9 Å². The van der Waals surface area contributed by atoms with Gasteiger partial charge in [0.05, 0.1) is 11.6 Å². The van der Waals surface area contributed by atoms with E-state index in [1.165, 1.54) is 0 Å². The molecular formula is C23H22N2O3. The van der Waals surface area contributed by atoms with Gasteiger partial charge in [0, 0.05) is 23.6 Å². The molecule has 2 fully saturated rings. The number of fused-ring (bicyclic) bond motifs is 2. The van der Waals surface area contributed by atoms with Crippen molar-refractivity contribution >= 4 is 11.9 Å². The largest absolute Gasteiger partial charge is 0.445 e. The molecule has 142 valence electrons. The van der Waals surface area contributed by atoms with E-state index < -0.39 is 0 Å². The minimum absolute atomic E-state index is 0.0198. The third kappa shape index (κ3) is 3.50. The van der Waals surface area contributed by atoms with E-state index in [-0.39, 0.29) is 36.5 Å². The molecule has 28 heavy (non-hydrogen) atoms. The fourth-order valence-electron chi connectivity index (χ4n) is 4.50. The molecule has 0 radical (unpaired) electrons. The number of carbonyl (C=O) groups excluding carboxylic acids is 2. The molecule has 2 unspecified atom stereocenters. The van der Waals surface area contributed by atoms with E-state index in [0.29, 0.717) is 24.0 Å². The van der Waals surface area contributed by atoms with Crippen molar-refractivity contribution in [3.63, 3.8) is 0 Å². The van der Waals surface area contributed by atoms with Crippen LogP contribution in [0.1, 0.15) is 47.2 Å². The molecule has 2 saturated heterocycles. The van der Waals surface area contributed by atoms with Crippen LogP contribution < -0.4 is 0 Å². The van der Waals surface area contributed by atoms with Gasteiger partial charge in [-0.25, -0.2) is 4.79 Å². The van der Waals surface area contributed by atoms with Gasteiger partial charge in [0.25, 0.3) is 0 Å². The summed E-state index contributed by atoms with van der Waals surface area (Å²) >= 11 is 0. The molecule has 0 saturated carbocycles. The van der Waals surface area contributed by atoms with E-state index in [1.807, 2.05) is 35.2 Å². The summed E-state index contributed by atoms with van der Waals surface area (Å²) in [5, 5.41) is 9.28. The Labute approximate surface area is 164 Å². The van der Waals surface area contributed by atoms with Crippen molar-refractivity contribution in [1.29, 1.82) is 5.26 Å². The third-order valence-electron chi connectivity index (χ3n) is 5.83. The molecule has 2 aromatic carbocycles. The minimum Gasteiger partial charge on any atom is -0.445 e. The molecule has 0 aromatic heterocycles. The highest BCUT2D eigenvalue weighted by atomic mass is 16.6. The van der Waals surface area contributed by atoms with Gasteiger partial charge in [0.1, 0.15) is 6.61 Å². The number of hydrogen-bond donors (Lipinski definition) is 0. The Bertz CT molecular complexity index is 905. The third-order valence-corrected chi connectivity index (χ3v) is 5.83. The number of nitrogens with zero attached hydrogens (tertiary/aromatic N) is 2. The molecule has 0 aliphatic carbocycles. The number of rotatable bonds is 4. The molecule has 0 N–H and O–H groups in total. The SMILES string of the molecule is N#Cc1ccccc1C(=O)C1CC2CCC(C1)N2C(=O)OCc1ccccc1. The molecule has 4 rings (SSSR count). The molecule has 2 atom stereocenters. The van der Waals surface area contributed by atoms with Crippen molar-refractivity contribution in [2.24, 2.45) is 5.92 Å². The highest BCUT2D eigenvalue weighted by Crippen LogP contribution is 2.40. The summed E-state index contributed by atoms with van der Waals surface area (Å²) in [5.74, 6) is -0.128. The molecular weight excluding hydrogens is 352 g/mol. The second-order valence-electron chi connectivity index (χ2n) is 7.52.